The molecule has 2 heterocycles. The Morgan fingerprint density at radius 2 is 2.16 bits per heavy atom. The highest BCUT2D eigenvalue weighted by Crippen LogP contribution is 2.31. The number of carbonyl (C=O) groups excluding carboxylic acids is 1. The molecule has 0 bridgehead atoms. The molecule has 0 unspecified atom stereocenters. The van der Waals surface area contributed by atoms with Gasteiger partial charge in [-0.25, -0.2) is 5.84 Å². The Bertz CT molecular complexity index is 766. The van der Waals surface area contributed by atoms with Crippen molar-refractivity contribution in [2.45, 2.75) is 0 Å². The molecule has 0 aliphatic carbocycles. The number of fused-ring (bicyclic) bond motifs is 1. The molecule has 0 radical (unpaired) electrons. The van der Waals surface area contributed by atoms with E-state index in [9.17, 15) is 4.79 Å². The lowest BCUT2D eigenvalue weighted by Crippen LogP contribution is -2.31. The Labute approximate surface area is 119 Å². The highest BCUT2D eigenvalue weighted by molar-refractivity contribution is 9.10. The molecular weight excluding hydrogens is 332 g/mol. The Morgan fingerprint density at radius 1 is 1.37 bits per heavy atom. The Hall–Kier alpha value is -1.84. The summed E-state index contributed by atoms with van der Waals surface area (Å²) >= 11 is 4.80. The Morgan fingerprint density at radius 3 is 2.89 bits per heavy atom. The minimum atomic E-state index is -0.531. The molecule has 0 aliphatic rings. The number of hydrazine groups is 1. The topological polar surface area (TPSA) is 98.2 Å². The summed E-state index contributed by atoms with van der Waals surface area (Å²) in [5.74, 6) is 4.61. The minimum absolute atomic E-state index is 0.0621. The largest absolute Gasteiger partial charge is 0.304 e. The molecule has 3 rings (SSSR count). The minimum Gasteiger partial charge on any atom is -0.287 e. The van der Waals surface area contributed by atoms with Gasteiger partial charge in [-0.3, -0.25) is 10.2 Å². The van der Waals surface area contributed by atoms with Gasteiger partial charge in [-0.15, -0.1) is 10.2 Å². The van der Waals surface area contributed by atoms with Gasteiger partial charge in [-0.1, -0.05) is 45.5 Å². The van der Waals surface area contributed by atoms with Crippen molar-refractivity contribution in [1.82, 2.24) is 25.2 Å². The van der Waals surface area contributed by atoms with Crippen LogP contribution in [0, 0.1) is 0 Å². The van der Waals surface area contributed by atoms with Crippen LogP contribution in [0.15, 0.2) is 28.7 Å². The van der Waals surface area contributed by atoms with E-state index in [-0.39, 0.29) is 5.82 Å². The van der Waals surface area contributed by atoms with Crippen LogP contribution in [-0.4, -0.2) is 25.7 Å². The van der Waals surface area contributed by atoms with Gasteiger partial charge < -0.3 is 0 Å². The molecule has 0 atom stereocenters. The molecular formula is C10H7BrN6OS. The first-order chi connectivity index (χ1) is 9.20. The number of carbonyl (C=O) groups is 1. The predicted octanol–water partition coefficient (Wildman–Crippen LogP) is 1.22. The average molecular weight is 339 g/mol. The maximum atomic E-state index is 11.5. The van der Waals surface area contributed by atoms with Gasteiger partial charge in [0.25, 0.3) is 0 Å². The SMILES string of the molecule is NNC(=O)c1nnc2sc(-c3ccccc3Br)nn12. The molecule has 19 heavy (non-hydrogen) atoms. The second-order valence-electron chi connectivity index (χ2n) is 3.58. The van der Waals surface area contributed by atoms with Gasteiger partial charge in [0.15, 0.2) is 0 Å². The van der Waals surface area contributed by atoms with Crippen LogP contribution in [0.25, 0.3) is 15.5 Å². The van der Waals surface area contributed by atoms with Crippen molar-refractivity contribution in [3.05, 3.63) is 34.6 Å². The van der Waals surface area contributed by atoms with Crippen molar-refractivity contribution in [2.75, 3.05) is 0 Å². The van der Waals surface area contributed by atoms with Crippen LogP contribution in [0.3, 0.4) is 0 Å². The summed E-state index contributed by atoms with van der Waals surface area (Å²) < 4.78 is 2.30. The number of hydrogen-bond donors (Lipinski definition) is 2. The van der Waals surface area contributed by atoms with Crippen LogP contribution in [0.1, 0.15) is 10.6 Å². The predicted molar refractivity (Wildman–Crippen MR) is 73.4 cm³/mol. The maximum absolute atomic E-state index is 11.5. The lowest BCUT2D eigenvalue weighted by molar-refractivity contribution is 0.0941. The van der Waals surface area contributed by atoms with Gasteiger partial charge in [0.05, 0.1) is 0 Å². The second kappa shape index (κ2) is 4.68. The standard InChI is InChI=1S/C10H7BrN6OS/c11-6-4-2-1-3-5(6)9-16-17-7(8(18)13-12)14-15-10(17)19-9/h1-4H,12H2,(H,13,18). The lowest BCUT2D eigenvalue weighted by atomic mass is 10.2. The van der Waals surface area contributed by atoms with Crippen LogP contribution in [-0.2, 0) is 0 Å². The third-order valence-corrected chi connectivity index (χ3v) is 4.05. The monoisotopic (exact) mass is 338 g/mol. The van der Waals surface area contributed by atoms with Gasteiger partial charge in [-0.2, -0.15) is 9.61 Å². The highest BCUT2D eigenvalue weighted by Gasteiger charge is 2.18. The van der Waals surface area contributed by atoms with Gasteiger partial charge >= 0.3 is 5.91 Å². The molecule has 2 aromatic heterocycles. The number of nitrogen functional groups attached to an aromatic ring is 1. The molecule has 3 aromatic rings. The molecule has 0 spiro atoms. The van der Waals surface area contributed by atoms with Crippen LogP contribution in [0.4, 0.5) is 0 Å². The third kappa shape index (κ3) is 2.01. The van der Waals surface area contributed by atoms with Crippen LogP contribution in [0.5, 0.6) is 0 Å². The Kier molecular flexibility index (Phi) is 3.01. The van der Waals surface area contributed by atoms with E-state index < -0.39 is 5.91 Å². The summed E-state index contributed by atoms with van der Waals surface area (Å²) in [6, 6.07) is 7.68. The molecule has 0 saturated heterocycles. The zero-order valence-corrected chi connectivity index (χ0v) is 11.8. The maximum Gasteiger partial charge on any atom is 0.304 e. The number of amides is 1. The number of nitrogens with zero attached hydrogens (tertiary/aromatic N) is 4. The normalized spacial score (nSPS) is 10.8. The van der Waals surface area contributed by atoms with Crippen molar-refractivity contribution >= 4 is 38.1 Å². The zero-order valence-electron chi connectivity index (χ0n) is 9.37. The molecule has 96 valence electrons. The molecule has 3 N–H and O–H groups in total. The van der Waals surface area contributed by atoms with E-state index in [0.29, 0.717) is 4.96 Å². The molecule has 1 aromatic carbocycles. The smallest absolute Gasteiger partial charge is 0.287 e. The van der Waals surface area contributed by atoms with E-state index in [1.54, 1.807) is 0 Å². The fraction of sp³-hybridized carbons (Fsp3) is 0. The average Bonchev–Trinajstić information content (AvgIpc) is 2.98. The van der Waals surface area contributed by atoms with Gasteiger partial charge in [-0.05, 0) is 6.07 Å². The lowest BCUT2D eigenvalue weighted by Gasteiger charge is -1.98. The van der Waals surface area contributed by atoms with Gasteiger partial charge in [0.2, 0.25) is 10.8 Å². The van der Waals surface area contributed by atoms with Crippen LogP contribution >= 0.6 is 27.3 Å². The molecule has 1 amide bonds. The summed E-state index contributed by atoms with van der Waals surface area (Å²) in [6.45, 7) is 0. The van der Waals surface area contributed by atoms with Crippen molar-refractivity contribution in [3.63, 3.8) is 0 Å². The van der Waals surface area contributed by atoms with E-state index in [1.807, 2.05) is 29.7 Å². The van der Waals surface area contributed by atoms with Crippen LogP contribution < -0.4 is 11.3 Å². The first-order valence-corrected chi connectivity index (χ1v) is 6.79. The fourth-order valence-electron chi connectivity index (χ4n) is 1.57. The fourth-order valence-corrected chi connectivity index (χ4v) is 3.05. The van der Waals surface area contributed by atoms with E-state index in [0.717, 1.165) is 15.0 Å². The van der Waals surface area contributed by atoms with Crippen molar-refractivity contribution in [3.8, 4) is 10.6 Å². The van der Waals surface area contributed by atoms with Crippen LogP contribution in [0.2, 0.25) is 0 Å². The summed E-state index contributed by atoms with van der Waals surface area (Å²) in [4.78, 5) is 12.0. The second-order valence-corrected chi connectivity index (χ2v) is 5.39. The zero-order chi connectivity index (χ0) is 13.4. The number of halogens is 1. The number of nitrogens with two attached hydrogens (primary N) is 1. The first kappa shape index (κ1) is 12.2. The molecule has 0 saturated carbocycles. The Balaban J connectivity index is 2.15. The van der Waals surface area contributed by atoms with E-state index in [1.165, 1.54) is 15.9 Å². The number of hydrogen-bond acceptors (Lipinski definition) is 6. The van der Waals surface area contributed by atoms with E-state index in [2.05, 4.69) is 31.2 Å². The van der Waals surface area contributed by atoms with Gasteiger partial charge in [0.1, 0.15) is 5.01 Å². The first-order valence-electron chi connectivity index (χ1n) is 5.19. The third-order valence-electron chi connectivity index (χ3n) is 2.43. The van der Waals surface area contributed by atoms with E-state index >= 15 is 0 Å². The summed E-state index contributed by atoms with van der Waals surface area (Å²) in [5, 5.41) is 12.7. The number of aromatic nitrogens is 4. The number of rotatable bonds is 2. The van der Waals surface area contributed by atoms with Crippen molar-refractivity contribution in [2.24, 2.45) is 5.84 Å². The molecule has 7 nitrogen and oxygen atoms in total. The molecule has 9 heteroatoms. The van der Waals surface area contributed by atoms with Crippen molar-refractivity contribution < 1.29 is 4.79 Å². The van der Waals surface area contributed by atoms with Gasteiger partial charge in [0, 0.05) is 10.0 Å². The molecule has 0 aliphatic heterocycles. The van der Waals surface area contributed by atoms with E-state index in [4.69, 9.17) is 5.84 Å². The van der Waals surface area contributed by atoms with Crippen molar-refractivity contribution in [1.29, 1.82) is 0 Å². The number of benzene rings is 1. The summed E-state index contributed by atoms with van der Waals surface area (Å²) in [6.07, 6.45) is 0. The number of nitrogens with one attached hydrogen (secondary N) is 1. The highest BCUT2D eigenvalue weighted by atomic mass is 79.9. The summed E-state index contributed by atoms with van der Waals surface area (Å²) in [7, 11) is 0. The summed E-state index contributed by atoms with van der Waals surface area (Å²) in [5.41, 5.74) is 2.94. The molecule has 0 fully saturated rings. The quantitative estimate of drug-likeness (QED) is 0.416.